The molecule has 0 bridgehead atoms. The van der Waals surface area contributed by atoms with Crippen LogP contribution in [0.4, 0.5) is 4.79 Å². The van der Waals surface area contributed by atoms with Crippen molar-refractivity contribution >= 4 is 12.1 Å². The third-order valence-corrected chi connectivity index (χ3v) is 2.77. The zero-order valence-corrected chi connectivity index (χ0v) is 13.0. The van der Waals surface area contributed by atoms with Gasteiger partial charge in [-0.1, -0.05) is 30.3 Å². The molecule has 0 aromatic heterocycles. The average molecular weight is 293 g/mol. The van der Waals surface area contributed by atoms with E-state index in [9.17, 15) is 9.59 Å². The highest BCUT2D eigenvalue weighted by Crippen LogP contribution is 2.10. The molecule has 0 amide bonds. The molecule has 0 aliphatic rings. The van der Waals surface area contributed by atoms with Gasteiger partial charge in [0.05, 0.1) is 0 Å². The summed E-state index contributed by atoms with van der Waals surface area (Å²) in [6.45, 7) is 5.14. The standard InChI is InChI=1S/C16H23NO4/c1-16(2,3)21-15(19)20-14(18)13(17-4)11-10-12-8-6-5-7-9-12/h5-9,13,17H,10-11H2,1-4H3/t13-/m1/s1. The van der Waals surface area contributed by atoms with Gasteiger partial charge in [-0.3, -0.25) is 0 Å². The molecule has 0 aliphatic carbocycles. The molecule has 1 aromatic carbocycles. The largest absolute Gasteiger partial charge is 0.516 e. The molecule has 0 saturated carbocycles. The predicted molar refractivity (Wildman–Crippen MR) is 79.9 cm³/mol. The number of aryl methyl sites for hydroxylation is 1. The van der Waals surface area contributed by atoms with Crippen LogP contribution in [0.1, 0.15) is 32.8 Å². The Morgan fingerprint density at radius 3 is 2.33 bits per heavy atom. The van der Waals surface area contributed by atoms with Gasteiger partial charge in [-0.15, -0.1) is 0 Å². The molecule has 5 heteroatoms. The highest BCUT2D eigenvalue weighted by atomic mass is 16.7. The van der Waals surface area contributed by atoms with Crippen molar-refractivity contribution < 1.29 is 19.1 Å². The number of hydrogen-bond donors (Lipinski definition) is 1. The highest BCUT2D eigenvalue weighted by molar-refractivity contribution is 5.85. The third kappa shape index (κ3) is 6.90. The quantitative estimate of drug-likeness (QED) is 0.668. The van der Waals surface area contributed by atoms with Crippen molar-refractivity contribution in [3.63, 3.8) is 0 Å². The van der Waals surface area contributed by atoms with Crippen LogP contribution in [0.5, 0.6) is 0 Å². The van der Waals surface area contributed by atoms with E-state index in [0.717, 1.165) is 12.0 Å². The first-order valence-corrected chi connectivity index (χ1v) is 6.97. The van der Waals surface area contributed by atoms with E-state index in [-0.39, 0.29) is 0 Å². The Kier molecular flexibility index (Phi) is 6.37. The van der Waals surface area contributed by atoms with Gasteiger partial charge >= 0.3 is 12.1 Å². The number of likely N-dealkylation sites (N-methyl/N-ethyl adjacent to an activating group) is 1. The van der Waals surface area contributed by atoms with Gasteiger partial charge in [0.2, 0.25) is 0 Å². The second-order valence-corrected chi connectivity index (χ2v) is 5.75. The first-order chi connectivity index (χ1) is 9.81. The van der Waals surface area contributed by atoms with Crippen molar-refractivity contribution in [3.05, 3.63) is 35.9 Å². The van der Waals surface area contributed by atoms with E-state index in [1.54, 1.807) is 27.8 Å². The molecule has 1 aromatic rings. The van der Waals surface area contributed by atoms with Crippen molar-refractivity contribution in [2.45, 2.75) is 45.3 Å². The molecule has 1 N–H and O–H groups in total. The second-order valence-electron chi connectivity index (χ2n) is 5.75. The number of carbonyl (C=O) groups is 2. The van der Waals surface area contributed by atoms with Gasteiger partial charge < -0.3 is 14.8 Å². The molecule has 0 spiro atoms. The minimum absolute atomic E-state index is 0.544. The topological polar surface area (TPSA) is 64.6 Å². The summed E-state index contributed by atoms with van der Waals surface area (Å²) in [4.78, 5) is 23.4. The fourth-order valence-electron chi connectivity index (χ4n) is 1.76. The van der Waals surface area contributed by atoms with Crippen LogP contribution in [0, 0.1) is 0 Å². The SMILES string of the molecule is CN[C@H](CCc1ccccc1)C(=O)OC(=O)OC(C)(C)C. The zero-order valence-electron chi connectivity index (χ0n) is 13.0. The zero-order chi connectivity index (χ0) is 15.9. The Hall–Kier alpha value is -1.88. The van der Waals surface area contributed by atoms with Crippen molar-refractivity contribution in [2.24, 2.45) is 0 Å². The Bertz CT molecular complexity index is 465. The van der Waals surface area contributed by atoms with Crippen LogP contribution in [0.2, 0.25) is 0 Å². The van der Waals surface area contributed by atoms with E-state index in [1.807, 2.05) is 30.3 Å². The molecule has 0 radical (unpaired) electrons. The van der Waals surface area contributed by atoms with E-state index >= 15 is 0 Å². The van der Waals surface area contributed by atoms with Crippen LogP contribution < -0.4 is 5.32 Å². The maximum absolute atomic E-state index is 11.9. The molecule has 0 unspecified atom stereocenters. The fraction of sp³-hybridized carbons (Fsp3) is 0.500. The maximum atomic E-state index is 11.9. The van der Waals surface area contributed by atoms with Gasteiger partial charge in [-0.2, -0.15) is 0 Å². The van der Waals surface area contributed by atoms with E-state index in [4.69, 9.17) is 9.47 Å². The summed E-state index contributed by atoms with van der Waals surface area (Å²) in [7, 11) is 1.66. The minimum atomic E-state index is -0.965. The molecule has 0 aliphatic heterocycles. The first-order valence-electron chi connectivity index (χ1n) is 6.97. The van der Waals surface area contributed by atoms with Crippen LogP contribution in [-0.2, 0) is 20.7 Å². The summed E-state index contributed by atoms with van der Waals surface area (Å²) in [5, 5.41) is 2.86. The van der Waals surface area contributed by atoms with Crippen LogP contribution >= 0.6 is 0 Å². The van der Waals surface area contributed by atoms with E-state index in [1.165, 1.54) is 0 Å². The molecular weight excluding hydrogens is 270 g/mol. The molecule has 0 saturated heterocycles. The van der Waals surface area contributed by atoms with E-state index < -0.39 is 23.8 Å². The number of nitrogens with one attached hydrogen (secondary N) is 1. The normalized spacial score (nSPS) is 12.6. The van der Waals surface area contributed by atoms with Crippen LogP contribution in [0.15, 0.2) is 30.3 Å². The van der Waals surface area contributed by atoms with Crippen molar-refractivity contribution in [1.29, 1.82) is 0 Å². The summed E-state index contributed by atoms with van der Waals surface area (Å²) < 4.78 is 9.66. The summed E-state index contributed by atoms with van der Waals surface area (Å²) in [6.07, 6.45) is 0.297. The number of rotatable bonds is 5. The molecule has 0 heterocycles. The van der Waals surface area contributed by atoms with Crippen LogP contribution in [0.25, 0.3) is 0 Å². The summed E-state index contributed by atoms with van der Waals surface area (Å²) in [5.74, 6) is -0.623. The summed E-state index contributed by atoms with van der Waals surface area (Å²) >= 11 is 0. The molecule has 21 heavy (non-hydrogen) atoms. The number of benzene rings is 1. The first kappa shape index (κ1) is 17.2. The molecule has 0 fully saturated rings. The molecule has 1 rings (SSSR count). The molecular formula is C16H23NO4. The number of ether oxygens (including phenoxy) is 2. The van der Waals surface area contributed by atoms with Gasteiger partial charge in [-0.25, -0.2) is 9.59 Å². The van der Waals surface area contributed by atoms with Gasteiger partial charge in [0.15, 0.2) is 0 Å². The van der Waals surface area contributed by atoms with Gasteiger partial charge in [-0.05, 0) is 46.2 Å². The van der Waals surface area contributed by atoms with Crippen LogP contribution in [-0.4, -0.2) is 30.8 Å². The fourth-order valence-corrected chi connectivity index (χ4v) is 1.76. The average Bonchev–Trinajstić information content (AvgIpc) is 2.38. The van der Waals surface area contributed by atoms with Gasteiger partial charge in [0.1, 0.15) is 11.6 Å². The second kappa shape index (κ2) is 7.78. The monoisotopic (exact) mass is 293 g/mol. The van der Waals surface area contributed by atoms with Gasteiger partial charge in [0, 0.05) is 0 Å². The predicted octanol–water partition coefficient (Wildman–Crippen LogP) is 2.69. The van der Waals surface area contributed by atoms with Crippen molar-refractivity contribution in [1.82, 2.24) is 5.32 Å². The Morgan fingerprint density at radius 2 is 1.81 bits per heavy atom. The molecule has 1 atom stereocenters. The Labute approximate surface area is 125 Å². The summed E-state index contributed by atoms with van der Waals surface area (Å²) in [5.41, 5.74) is 0.444. The van der Waals surface area contributed by atoms with E-state index in [0.29, 0.717) is 6.42 Å². The summed E-state index contributed by atoms with van der Waals surface area (Å²) in [6, 6.07) is 9.27. The highest BCUT2D eigenvalue weighted by Gasteiger charge is 2.24. The number of hydrogen-bond acceptors (Lipinski definition) is 5. The molecule has 5 nitrogen and oxygen atoms in total. The third-order valence-electron chi connectivity index (χ3n) is 2.77. The lowest BCUT2D eigenvalue weighted by molar-refractivity contribution is -0.143. The molecule has 116 valence electrons. The number of esters is 1. The lowest BCUT2D eigenvalue weighted by Crippen LogP contribution is -2.38. The lowest BCUT2D eigenvalue weighted by Gasteiger charge is -2.19. The smallest absolute Gasteiger partial charge is 0.428 e. The number of carbonyl (C=O) groups excluding carboxylic acids is 2. The maximum Gasteiger partial charge on any atom is 0.516 e. The van der Waals surface area contributed by atoms with E-state index in [2.05, 4.69) is 5.32 Å². The van der Waals surface area contributed by atoms with Gasteiger partial charge in [0.25, 0.3) is 0 Å². The van der Waals surface area contributed by atoms with Crippen LogP contribution in [0.3, 0.4) is 0 Å². The van der Waals surface area contributed by atoms with Crippen molar-refractivity contribution in [2.75, 3.05) is 7.05 Å². The lowest BCUT2D eigenvalue weighted by atomic mass is 10.1. The van der Waals surface area contributed by atoms with Crippen molar-refractivity contribution in [3.8, 4) is 0 Å². The minimum Gasteiger partial charge on any atom is -0.428 e. The Morgan fingerprint density at radius 1 is 1.19 bits per heavy atom. The Balaban J connectivity index is 2.48.